The molecule has 2 aliphatic rings. The van der Waals surface area contributed by atoms with Crippen molar-refractivity contribution in [1.82, 2.24) is 5.32 Å². The lowest BCUT2D eigenvalue weighted by atomic mass is 9.86. The van der Waals surface area contributed by atoms with Crippen LogP contribution >= 0.6 is 11.8 Å². The lowest BCUT2D eigenvalue weighted by Crippen LogP contribution is -2.43. The van der Waals surface area contributed by atoms with Crippen LogP contribution in [0.5, 0.6) is 5.75 Å². The molecular weight excluding hydrogens is 278 g/mol. The maximum absolute atomic E-state index is 5.86. The summed E-state index contributed by atoms with van der Waals surface area (Å²) in [7, 11) is 0. The SMILES string of the molecule is CSC1(CNC2c3ccccc3OCC2C)CCCCC1. The van der Waals surface area contributed by atoms with E-state index in [9.17, 15) is 0 Å². The molecule has 3 rings (SSSR count). The Morgan fingerprint density at radius 2 is 2.00 bits per heavy atom. The van der Waals surface area contributed by atoms with Crippen LogP contribution in [0.2, 0.25) is 0 Å². The van der Waals surface area contributed by atoms with Crippen molar-refractivity contribution in [3.8, 4) is 5.75 Å². The lowest BCUT2D eigenvalue weighted by Gasteiger charge is -2.39. The van der Waals surface area contributed by atoms with Crippen molar-refractivity contribution in [3.63, 3.8) is 0 Å². The average molecular weight is 305 g/mol. The van der Waals surface area contributed by atoms with E-state index in [1.807, 2.05) is 0 Å². The molecule has 1 fully saturated rings. The van der Waals surface area contributed by atoms with Crippen molar-refractivity contribution < 1.29 is 4.74 Å². The van der Waals surface area contributed by atoms with Crippen molar-refractivity contribution in [2.75, 3.05) is 19.4 Å². The van der Waals surface area contributed by atoms with E-state index in [0.29, 0.717) is 16.7 Å². The number of hydrogen-bond acceptors (Lipinski definition) is 3. The Morgan fingerprint density at radius 3 is 2.76 bits per heavy atom. The van der Waals surface area contributed by atoms with E-state index in [-0.39, 0.29) is 0 Å². The molecule has 0 saturated heterocycles. The molecule has 3 heteroatoms. The van der Waals surface area contributed by atoms with Gasteiger partial charge in [0, 0.05) is 28.8 Å². The molecule has 1 N–H and O–H groups in total. The van der Waals surface area contributed by atoms with Gasteiger partial charge in [-0.15, -0.1) is 0 Å². The zero-order valence-corrected chi connectivity index (χ0v) is 14.0. The summed E-state index contributed by atoms with van der Waals surface area (Å²) in [5.74, 6) is 1.59. The van der Waals surface area contributed by atoms with Crippen LogP contribution in [0.1, 0.15) is 50.6 Å². The predicted molar refractivity (Wildman–Crippen MR) is 91.2 cm³/mol. The van der Waals surface area contributed by atoms with Gasteiger partial charge >= 0.3 is 0 Å². The van der Waals surface area contributed by atoms with Crippen molar-refractivity contribution in [2.24, 2.45) is 5.92 Å². The topological polar surface area (TPSA) is 21.3 Å². The number of rotatable bonds is 4. The van der Waals surface area contributed by atoms with Gasteiger partial charge in [0.25, 0.3) is 0 Å². The first-order valence-corrected chi connectivity index (χ1v) is 9.47. The molecule has 1 heterocycles. The zero-order chi connectivity index (χ0) is 14.7. The molecule has 21 heavy (non-hydrogen) atoms. The maximum atomic E-state index is 5.86. The van der Waals surface area contributed by atoms with Crippen molar-refractivity contribution >= 4 is 11.8 Å². The van der Waals surface area contributed by atoms with E-state index < -0.39 is 0 Å². The van der Waals surface area contributed by atoms with Crippen molar-refractivity contribution in [1.29, 1.82) is 0 Å². The minimum absolute atomic E-state index is 0.431. The van der Waals surface area contributed by atoms with Crippen LogP contribution in [0.4, 0.5) is 0 Å². The third-order valence-electron chi connectivity index (χ3n) is 5.17. The van der Waals surface area contributed by atoms with Crippen LogP contribution in [-0.2, 0) is 0 Å². The number of hydrogen-bond donors (Lipinski definition) is 1. The van der Waals surface area contributed by atoms with Gasteiger partial charge in [0.05, 0.1) is 6.61 Å². The highest BCUT2D eigenvalue weighted by molar-refractivity contribution is 8.00. The monoisotopic (exact) mass is 305 g/mol. The molecule has 0 amide bonds. The van der Waals surface area contributed by atoms with E-state index >= 15 is 0 Å². The van der Waals surface area contributed by atoms with Crippen LogP contribution in [-0.4, -0.2) is 24.2 Å². The Bertz CT molecular complexity index is 470. The molecule has 1 aliphatic heterocycles. The fourth-order valence-electron chi connectivity index (χ4n) is 3.75. The Morgan fingerprint density at radius 1 is 1.24 bits per heavy atom. The largest absolute Gasteiger partial charge is 0.493 e. The third-order valence-corrected chi connectivity index (χ3v) is 6.59. The molecule has 1 aromatic rings. The summed E-state index contributed by atoms with van der Waals surface area (Å²) in [6, 6.07) is 8.94. The van der Waals surface area contributed by atoms with Gasteiger partial charge in [0.1, 0.15) is 5.75 Å². The summed E-state index contributed by atoms with van der Waals surface area (Å²) in [4.78, 5) is 0. The van der Waals surface area contributed by atoms with Gasteiger partial charge in [0.2, 0.25) is 0 Å². The number of thioether (sulfide) groups is 1. The Labute approximate surface area is 133 Å². The molecule has 1 saturated carbocycles. The van der Waals surface area contributed by atoms with E-state index in [1.165, 1.54) is 37.7 Å². The summed E-state index contributed by atoms with van der Waals surface area (Å²) in [6.07, 6.45) is 9.21. The minimum atomic E-state index is 0.431. The van der Waals surface area contributed by atoms with E-state index in [4.69, 9.17) is 4.74 Å². The van der Waals surface area contributed by atoms with Gasteiger partial charge in [0.15, 0.2) is 0 Å². The molecule has 2 atom stereocenters. The van der Waals surface area contributed by atoms with Crippen LogP contribution < -0.4 is 10.1 Å². The first-order chi connectivity index (χ1) is 10.2. The maximum Gasteiger partial charge on any atom is 0.124 e. The Hall–Kier alpha value is -0.670. The van der Waals surface area contributed by atoms with Crippen LogP contribution in [0.25, 0.3) is 0 Å². The minimum Gasteiger partial charge on any atom is -0.493 e. The summed E-state index contributed by atoms with van der Waals surface area (Å²) in [6.45, 7) is 4.23. The fourth-order valence-corrected chi connectivity index (χ4v) is 4.67. The first-order valence-electron chi connectivity index (χ1n) is 8.24. The quantitative estimate of drug-likeness (QED) is 0.890. The standard InChI is InChI=1S/C18H27NOS/c1-14-12-20-16-9-5-4-8-15(16)17(14)19-13-18(21-2)10-6-3-7-11-18/h4-5,8-9,14,17,19H,3,6-7,10-13H2,1-2H3. The lowest BCUT2D eigenvalue weighted by molar-refractivity contribution is 0.184. The molecule has 116 valence electrons. The zero-order valence-electron chi connectivity index (χ0n) is 13.2. The predicted octanol–water partition coefficient (Wildman–Crippen LogP) is 4.41. The van der Waals surface area contributed by atoms with Gasteiger partial charge in [-0.3, -0.25) is 0 Å². The molecule has 0 bridgehead atoms. The molecule has 1 aromatic carbocycles. The first kappa shape index (κ1) is 15.2. The second-order valence-corrected chi connectivity index (χ2v) is 7.91. The number of para-hydroxylation sites is 1. The molecule has 0 radical (unpaired) electrons. The summed E-state index contributed by atoms with van der Waals surface area (Å²) in [5, 5.41) is 3.89. The van der Waals surface area contributed by atoms with E-state index in [2.05, 4.69) is 54.5 Å². The van der Waals surface area contributed by atoms with E-state index in [1.54, 1.807) is 0 Å². The number of ether oxygens (including phenoxy) is 1. The van der Waals surface area contributed by atoms with Crippen molar-refractivity contribution in [3.05, 3.63) is 29.8 Å². The molecule has 2 nitrogen and oxygen atoms in total. The molecular formula is C18H27NOS. The Kier molecular flexibility index (Phi) is 4.80. The fraction of sp³-hybridized carbons (Fsp3) is 0.667. The normalized spacial score (nSPS) is 27.7. The molecule has 0 aromatic heterocycles. The van der Waals surface area contributed by atoms with Gasteiger partial charge < -0.3 is 10.1 Å². The molecule has 0 spiro atoms. The average Bonchev–Trinajstić information content (AvgIpc) is 2.55. The number of fused-ring (bicyclic) bond motifs is 1. The van der Waals surface area contributed by atoms with Crippen LogP contribution in [0.3, 0.4) is 0 Å². The van der Waals surface area contributed by atoms with Crippen LogP contribution in [0, 0.1) is 5.92 Å². The smallest absolute Gasteiger partial charge is 0.124 e. The highest BCUT2D eigenvalue weighted by Gasteiger charge is 2.34. The second-order valence-electron chi connectivity index (χ2n) is 6.63. The third kappa shape index (κ3) is 3.24. The number of nitrogens with one attached hydrogen (secondary N) is 1. The summed E-state index contributed by atoms with van der Waals surface area (Å²) in [5.41, 5.74) is 1.34. The van der Waals surface area contributed by atoms with E-state index in [0.717, 1.165) is 18.9 Å². The summed E-state index contributed by atoms with van der Waals surface area (Å²) >= 11 is 2.07. The van der Waals surface area contributed by atoms with Crippen LogP contribution in [0.15, 0.2) is 24.3 Å². The van der Waals surface area contributed by atoms with Gasteiger partial charge in [-0.05, 0) is 25.2 Å². The highest BCUT2D eigenvalue weighted by atomic mass is 32.2. The van der Waals surface area contributed by atoms with Gasteiger partial charge in [-0.25, -0.2) is 0 Å². The van der Waals surface area contributed by atoms with Crippen molar-refractivity contribution in [2.45, 2.75) is 49.8 Å². The van der Waals surface area contributed by atoms with Gasteiger partial charge in [-0.1, -0.05) is 44.4 Å². The number of benzene rings is 1. The second kappa shape index (κ2) is 6.62. The van der Waals surface area contributed by atoms with Gasteiger partial charge in [-0.2, -0.15) is 11.8 Å². The summed E-state index contributed by atoms with van der Waals surface area (Å²) < 4.78 is 6.31. The molecule has 1 aliphatic carbocycles. The Balaban J connectivity index is 1.72. The highest BCUT2D eigenvalue weighted by Crippen LogP contribution is 2.40. The molecule has 2 unspecified atom stereocenters.